The molecule has 1 aromatic carbocycles. The second-order valence-corrected chi connectivity index (χ2v) is 4.46. The first-order chi connectivity index (χ1) is 6.91. The van der Waals surface area contributed by atoms with Crippen molar-refractivity contribution in [3.8, 4) is 11.8 Å². The third-order valence-corrected chi connectivity index (χ3v) is 3.04. The zero-order chi connectivity index (χ0) is 11.6. The zero-order valence-corrected chi connectivity index (χ0v) is 9.13. The molecule has 0 unspecified atom stereocenters. The lowest BCUT2D eigenvalue weighted by atomic mass is 10.1. The van der Waals surface area contributed by atoms with Crippen LogP contribution in [0.2, 0.25) is 0 Å². The van der Waals surface area contributed by atoms with Gasteiger partial charge in [0.05, 0.1) is 17.6 Å². The lowest BCUT2D eigenvalue weighted by molar-refractivity contribution is 0.408. The Bertz CT molecular complexity index is 529. The van der Waals surface area contributed by atoms with Gasteiger partial charge >= 0.3 is 0 Å². The molecule has 0 fully saturated rings. The van der Waals surface area contributed by atoms with Crippen molar-refractivity contribution in [2.45, 2.75) is 11.8 Å². The molecule has 0 saturated carbocycles. The Kier molecular flexibility index (Phi) is 2.98. The SMILES string of the molecule is COc1c(C#N)ccc(S(N)(=O)=O)c1C. The molecule has 1 aromatic rings. The van der Waals surface area contributed by atoms with Gasteiger partial charge in [0.25, 0.3) is 0 Å². The number of nitriles is 1. The number of rotatable bonds is 2. The number of benzene rings is 1. The Labute approximate surface area is 88.1 Å². The number of nitrogens with two attached hydrogens (primary N) is 1. The van der Waals surface area contributed by atoms with Crippen molar-refractivity contribution in [3.63, 3.8) is 0 Å². The fourth-order valence-electron chi connectivity index (χ4n) is 1.33. The minimum Gasteiger partial charge on any atom is -0.495 e. The molecule has 5 nitrogen and oxygen atoms in total. The number of hydrogen-bond acceptors (Lipinski definition) is 4. The number of hydrogen-bond donors (Lipinski definition) is 1. The average molecular weight is 226 g/mol. The largest absolute Gasteiger partial charge is 0.495 e. The third-order valence-electron chi connectivity index (χ3n) is 1.99. The Morgan fingerprint density at radius 2 is 2.07 bits per heavy atom. The normalized spacial score (nSPS) is 10.8. The van der Waals surface area contributed by atoms with E-state index in [1.54, 1.807) is 6.92 Å². The summed E-state index contributed by atoms with van der Waals surface area (Å²) in [5.74, 6) is 0.240. The van der Waals surface area contributed by atoms with E-state index in [4.69, 9.17) is 15.1 Å². The number of ether oxygens (including phenoxy) is 1. The minimum absolute atomic E-state index is 0.0293. The zero-order valence-electron chi connectivity index (χ0n) is 8.31. The first-order valence-corrected chi connectivity index (χ1v) is 5.57. The lowest BCUT2D eigenvalue weighted by Gasteiger charge is -2.09. The molecule has 1 rings (SSSR count). The predicted molar refractivity (Wildman–Crippen MR) is 53.8 cm³/mol. The van der Waals surface area contributed by atoms with Crippen LogP contribution in [0, 0.1) is 18.3 Å². The van der Waals surface area contributed by atoms with Crippen LogP contribution >= 0.6 is 0 Å². The summed E-state index contributed by atoms with van der Waals surface area (Å²) in [7, 11) is -2.41. The van der Waals surface area contributed by atoms with E-state index in [0.29, 0.717) is 5.56 Å². The Morgan fingerprint density at radius 3 is 2.47 bits per heavy atom. The summed E-state index contributed by atoms with van der Waals surface area (Å²) in [6.45, 7) is 1.54. The molecule has 0 aliphatic heterocycles. The molecule has 0 aliphatic carbocycles. The maximum atomic E-state index is 11.2. The maximum Gasteiger partial charge on any atom is 0.238 e. The van der Waals surface area contributed by atoms with Crippen LogP contribution < -0.4 is 9.88 Å². The van der Waals surface area contributed by atoms with Crippen LogP contribution in [0.1, 0.15) is 11.1 Å². The Hall–Kier alpha value is -1.58. The molecule has 2 N–H and O–H groups in total. The maximum absolute atomic E-state index is 11.2. The van der Waals surface area contributed by atoms with Crippen LogP contribution in [0.25, 0.3) is 0 Å². The predicted octanol–water partition coefficient (Wildman–Crippen LogP) is 0.523. The van der Waals surface area contributed by atoms with Crippen molar-refractivity contribution >= 4 is 10.0 Å². The number of nitrogens with zero attached hydrogens (tertiary/aromatic N) is 1. The number of primary sulfonamides is 1. The van der Waals surface area contributed by atoms with Gasteiger partial charge in [0.1, 0.15) is 11.8 Å². The molecule has 0 amide bonds. The summed E-state index contributed by atoms with van der Waals surface area (Å²) in [5.41, 5.74) is 0.626. The summed E-state index contributed by atoms with van der Waals surface area (Å²) in [4.78, 5) is -0.0293. The molecular formula is C9H10N2O3S. The second-order valence-electron chi connectivity index (χ2n) is 2.93. The minimum atomic E-state index is -3.78. The fourth-order valence-corrected chi connectivity index (χ4v) is 2.11. The summed E-state index contributed by atoms with van der Waals surface area (Å²) in [6, 6.07) is 4.57. The molecule has 0 radical (unpaired) electrons. The van der Waals surface area contributed by atoms with Crippen LogP contribution in [0.4, 0.5) is 0 Å². The van der Waals surface area contributed by atoms with Crippen LogP contribution in [0.3, 0.4) is 0 Å². The van der Waals surface area contributed by atoms with Crippen LogP contribution in [0.15, 0.2) is 17.0 Å². The Balaban J connectivity index is 3.59. The topological polar surface area (TPSA) is 93.2 Å². The van der Waals surface area contributed by atoms with Gasteiger partial charge < -0.3 is 4.74 Å². The highest BCUT2D eigenvalue weighted by Gasteiger charge is 2.17. The fraction of sp³-hybridized carbons (Fsp3) is 0.222. The van der Waals surface area contributed by atoms with Gasteiger partial charge in [-0.1, -0.05) is 0 Å². The summed E-state index contributed by atoms with van der Waals surface area (Å²) in [5, 5.41) is 13.8. The highest BCUT2D eigenvalue weighted by molar-refractivity contribution is 7.89. The number of methoxy groups -OCH3 is 1. The van der Waals surface area contributed by atoms with E-state index in [1.165, 1.54) is 19.2 Å². The highest BCUT2D eigenvalue weighted by atomic mass is 32.2. The van der Waals surface area contributed by atoms with E-state index in [-0.39, 0.29) is 16.2 Å². The van der Waals surface area contributed by atoms with Gasteiger partial charge in [0.15, 0.2) is 0 Å². The summed E-state index contributed by atoms with van der Waals surface area (Å²) >= 11 is 0. The number of sulfonamides is 1. The highest BCUT2D eigenvalue weighted by Crippen LogP contribution is 2.27. The van der Waals surface area contributed by atoms with Gasteiger partial charge in [-0.3, -0.25) is 0 Å². The van der Waals surface area contributed by atoms with Crippen molar-refractivity contribution in [1.29, 1.82) is 5.26 Å². The first kappa shape index (κ1) is 11.5. The Morgan fingerprint density at radius 1 is 1.47 bits per heavy atom. The molecule has 0 atom stereocenters. The van der Waals surface area contributed by atoms with Crippen LogP contribution in [-0.4, -0.2) is 15.5 Å². The molecule has 0 spiro atoms. The molecular weight excluding hydrogens is 216 g/mol. The van der Waals surface area contributed by atoms with Crippen molar-refractivity contribution in [2.75, 3.05) is 7.11 Å². The van der Waals surface area contributed by atoms with E-state index in [2.05, 4.69) is 0 Å². The van der Waals surface area contributed by atoms with Crippen molar-refractivity contribution in [2.24, 2.45) is 5.14 Å². The molecule has 80 valence electrons. The van der Waals surface area contributed by atoms with Gasteiger partial charge in [-0.25, -0.2) is 13.6 Å². The van der Waals surface area contributed by atoms with Crippen LogP contribution in [0.5, 0.6) is 5.75 Å². The van der Waals surface area contributed by atoms with Crippen molar-refractivity contribution in [3.05, 3.63) is 23.3 Å². The van der Waals surface area contributed by atoms with E-state index in [1.807, 2.05) is 6.07 Å². The first-order valence-electron chi connectivity index (χ1n) is 4.02. The monoisotopic (exact) mass is 226 g/mol. The molecule has 0 bridgehead atoms. The molecule has 0 saturated heterocycles. The summed E-state index contributed by atoms with van der Waals surface area (Å²) in [6.07, 6.45) is 0. The van der Waals surface area contributed by atoms with E-state index >= 15 is 0 Å². The van der Waals surface area contributed by atoms with Gasteiger partial charge in [-0.05, 0) is 19.1 Å². The molecule has 6 heteroatoms. The molecule has 15 heavy (non-hydrogen) atoms. The smallest absolute Gasteiger partial charge is 0.238 e. The lowest BCUT2D eigenvalue weighted by Crippen LogP contribution is -2.14. The third kappa shape index (κ3) is 2.09. The molecule has 0 aromatic heterocycles. The van der Waals surface area contributed by atoms with Gasteiger partial charge in [0.2, 0.25) is 10.0 Å². The average Bonchev–Trinajstić information content (AvgIpc) is 2.15. The molecule has 0 heterocycles. The summed E-state index contributed by atoms with van der Waals surface area (Å²) < 4.78 is 27.3. The van der Waals surface area contributed by atoms with Gasteiger partial charge in [-0.2, -0.15) is 5.26 Å². The van der Waals surface area contributed by atoms with E-state index < -0.39 is 10.0 Å². The van der Waals surface area contributed by atoms with Gasteiger partial charge in [0, 0.05) is 5.56 Å². The van der Waals surface area contributed by atoms with Crippen LogP contribution in [-0.2, 0) is 10.0 Å². The van der Waals surface area contributed by atoms with Crippen molar-refractivity contribution in [1.82, 2.24) is 0 Å². The standard InChI is InChI=1S/C9H10N2O3S/c1-6-8(15(11,12)13)4-3-7(5-10)9(6)14-2/h3-4H,1-2H3,(H2,11,12,13). The van der Waals surface area contributed by atoms with Gasteiger partial charge in [-0.15, -0.1) is 0 Å². The second kappa shape index (κ2) is 3.88. The molecule has 0 aliphatic rings. The van der Waals surface area contributed by atoms with E-state index in [9.17, 15) is 8.42 Å². The van der Waals surface area contributed by atoms with Crippen molar-refractivity contribution < 1.29 is 13.2 Å². The quantitative estimate of drug-likeness (QED) is 0.795. The van der Waals surface area contributed by atoms with E-state index in [0.717, 1.165) is 0 Å².